The summed E-state index contributed by atoms with van der Waals surface area (Å²) in [6.45, 7) is 4.55. The van der Waals surface area contributed by atoms with E-state index in [2.05, 4.69) is 10.4 Å². The number of hydrogen-bond donors (Lipinski definition) is 0. The summed E-state index contributed by atoms with van der Waals surface area (Å²) in [4.78, 5) is 43.1. The molecule has 0 aliphatic carbocycles. The minimum atomic E-state index is -0.660. The summed E-state index contributed by atoms with van der Waals surface area (Å²) in [6, 6.07) is 6.04. The molecule has 0 bridgehead atoms. The van der Waals surface area contributed by atoms with Gasteiger partial charge in [-0.2, -0.15) is 4.68 Å². The van der Waals surface area contributed by atoms with Crippen molar-refractivity contribution in [3.8, 4) is 5.69 Å². The number of morpholine rings is 1. The van der Waals surface area contributed by atoms with E-state index >= 15 is 0 Å². The van der Waals surface area contributed by atoms with Gasteiger partial charge in [0.25, 0.3) is 0 Å². The first kappa shape index (κ1) is 20.5. The third-order valence-corrected chi connectivity index (χ3v) is 5.42. The minimum absolute atomic E-state index is 0.0683. The lowest BCUT2D eigenvalue weighted by molar-refractivity contribution is -0.136. The van der Waals surface area contributed by atoms with Gasteiger partial charge >= 0.3 is 11.7 Å². The van der Waals surface area contributed by atoms with Crippen LogP contribution in [0.25, 0.3) is 5.69 Å². The van der Waals surface area contributed by atoms with Crippen molar-refractivity contribution < 1.29 is 14.3 Å². The summed E-state index contributed by atoms with van der Waals surface area (Å²) in [5.41, 5.74) is -0.231. The number of halogens is 1. The molecule has 2 saturated heterocycles. The van der Waals surface area contributed by atoms with E-state index < -0.39 is 11.7 Å². The highest BCUT2D eigenvalue weighted by molar-refractivity contribution is 6.30. The molecule has 2 aromatic rings. The highest BCUT2D eigenvalue weighted by Crippen LogP contribution is 2.12. The summed E-state index contributed by atoms with van der Waals surface area (Å²) < 4.78 is 7.04. The topological polar surface area (TPSA) is 106 Å². The van der Waals surface area contributed by atoms with Crippen molar-refractivity contribution in [2.75, 3.05) is 59.0 Å². The molecule has 0 spiro atoms. The molecule has 2 amide bonds. The van der Waals surface area contributed by atoms with Gasteiger partial charge in [0, 0.05) is 44.3 Å². The number of aromatic nitrogens is 4. The Kier molecular flexibility index (Phi) is 6.11. The van der Waals surface area contributed by atoms with Gasteiger partial charge in [-0.3, -0.25) is 9.69 Å². The molecule has 0 unspecified atom stereocenters. The van der Waals surface area contributed by atoms with Crippen LogP contribution in [-0.2, 0) is 9.53 Å². The van der Waals surface area contributed by atoms with Gasteiger partial charge in [-0.25, -0.2) is 9.59 Å². The number of tetrazole rings is 1. The van der Waals surface area contributed by atoms with Crippen molar-refractivity contribution in [3.05, 3.63) is 39.8 Å². The number of hydrogen-bond acceptors (Lipinski definition) is 7. The van der Waals surface area contributed by atoms with Crippen LogP contribution >= 0.6 is 11.6 Å². The second-order valence-corrected chi connectivity index (χ2v) is 7.54. The van der Waals surface area contributed by atoms with Crippen molar-refractivity contribution in [1.29, 1.82) is 0 Å². The van der Waals surface area contributed by atoms with E-state index in [1.807, 2.05) is 4.90 Å². The minimum Gasteiger partial charge on any atom is -0.378 e. The Bertz CT molecular complexity index is 977. The van der Waals surface area contributed by atoms with E-state index in [1.165, 1.54) is 4.90 Å². The summed E-state index contributed by atoms with van der Waals surface area (Å²) in [6.07, 6.45) is 0. The van der Waals surface area contributed by atoms with Crippen LogP contribution in [0.2, 0.25) is 5.02 Å². The highest BCUT2D eigenvalue weighted by atomic mass is 35.5. The summed E-state index contributed by atoms with van der Waals surface area (Å²) in [7, 11) is 0. The van der Waals surface area contributed by atoms with Gasteiger partial charge in [0.2, 0.25) is 5.91 Å². The van der Waals surface area contributed by atoms with Crippen LogP contribution in [0, 0.1) is 0 Å². The lowest BCUT2D eigenvalue weighted by atomic mass is 10.3. The van der Waals surface area contributed by atoms with Gasteiger partial charge in [-0.05, 0) is 28.6 Å². The number of amides is 2. The number of piperazine rings is 1. The zero-order chi connectivity index (χ0) is 21.1. The number of carbonyl (C=O) groups excluding carboxylic acids is 2. The van der Waals surface area contributed by atoms with Crippen LogP contribution in [0.15, 0.2) is 29.1 Å². The summed E-state index contributed by atoms with van der Waals surface area (Å²) >= 11 is 5.95. The van der Waals surface area contributed by atoms with E-state index in [9.17, 15) is 14.4 Å². The molecule has 4 rings (SSSR count). The molecule has 2 aliphatic heterocycles. The van der Waals surface area contributed by atoms with E-state index in [0.717, 1.165) is 9.36 Å². The number of benzene rings is 1. The summed E-state index contributed by atoms with van der Waals surface area (Å²) in [5, 5.41) is 7.96. The number of ether oxygens (including phenoxy) is 1. The van der Waals surface area contributed by atoms with E-state index in [-0.39, 0.29) is 5.91 Å². The third kappa shape index (κ3) is 4.37. The molecule has 12 heteroatoms. The van der Waals surface area contributed by atoms with E-state index in [4.69, 9.17) is 16.3 Å². The SMILES string of the molecule is O=C(CN1CCN(C(=O)n2nnn(-c3cccc(Cl)c3)c2=O)CC1)N1CCOCC1. The number of nitrogens with zero attached hydrogens (tertiary/aromatic N) is 7. The molecule has 3 heterocycles. The average Bonchev–Trinajstić information content (AvgIpc) is 3.15. The maximum atomic E-state index is 12.7. The molecule has 0 atom stereocenters. The van der Waals surface area contributed by atoms with E-state index in [0.29, 0.717) is 69.7 Å². The molecule has 1 aromatic heterocycles. The predicted molar refractivity (Wildman–Crippen MR) is 107 cm³/mol. The molecule has 11 nitrogen and oxygen atoms in total. The fourth-order valence-corrected chi connectivity index (χ4v) is 3.66. The van der Waals surface area contributed by atoms with Gasteiger partial charge in [0.05, 0.1) is 25.4 Å². The lowest BCUT2D eigenvalue weighted by Crippen LogP contribution is -2.54. The molecule has 1 aromatic carbocycles. The first-order valence-corrected chi connectivity index (χ1v) is 10.1. The molecular weight excluding hydrogens is 414 g/mol. The Labute approximate surface area is 177 Å². The van der Waals surface area contributed by atoms with Gasteiger partial charge in [-0.1, -0.05) is 17.7 Å². The molecule has 2 fully saturated rings. The second-order valence-electron chi connectivity index (χ2n) is 7.10. The van der Waals surface area contributed by atoms with Crippen LogP contribution in [0.5, 0.6) is 0 Å². The summed E-state index contributed by atoms with van der Waals surface area (Å²) in [5.74, 6) is 0.0683. The Balaban J connectivity index is 1.35. The van der Waals surface area contributed by atoms with Crippen LogP contribution in [-0.4, -0.2) is 105 Å². The van der Waals surface area contributed by atoms with Crippen LogP contribution in [0.4, 0.5) is 4.79 Å². The van der Waals surface area contributed by atoms with Gasteiger partial charge in [0.1, 0.15) is 0 Å². The Hall–Kier alpha value is -2.76. The maximum Gasteiger partial charge on any atom is 0.377 e. The van der Waals surface area contributed by atoms with Crippen molar-refractivity contribution >= 4 is 23.5 Å². The van der Waals surface area contributed by atoms with Crippen molar-refractivity contribution in [2.24, 2.45) is 0 Å². The Morgan fingerprint density at radius 2 is 1.73 bits per heavy atom. The smallest absolute Gasteiger partial charge is 0.377 e. The Morgan fingerprint density at radius 1 is 1.00 bits per heavy atom. The van der Waals surface area contributed by atoms with Gasteiger partial charge < -0.3 is 14.5 Å². The molecular formula is C18H22ClN7O4. The average molecular weight is 436 g/mol. The first-order chi connectivity index (χ1) is 14.5. The fraction of sp³-hybridized carbons (Fsp3) is 0.500. The number of carbonyl (C=O) groups is 2. The molecule has 0 saturated carbocycles. The quantitative estimate of drug-likeness (QED) is 0.600. The van der Waals surface area contributed by atoms with Gasteiger partial charge in [0.15, 0.2) is 0 Å². The first-order valence-electron chi connectivity index (χ1n) is 9.71. The maximum absolute atomic E-state index is 12.7. The standard InChI is InChI=1S/C18H22ClN7O4/c19-14-2-1-3-15(12-14)25-18(29)26(21-20-25)17(28)24-6-4-22(5-7-24)13-16(27)23-8-10-30-11-9-23/h1-3,12H,4-11,13H2. The highest BCUT2D eigenvalue weighted by Gasteiger charge is 2.27. The number of rotatable bonds is 3. The molecule has 160 valence electrons. The third-order valence-electron chi connectivity index (χ3n) is 5.18. The largest absolute Gasteiger partial charge is 0.378 e. The zero-order valence-electron chi connectivity index (χ0n) is 16.3. The van der Waals surface area contributed by atoms with Crippen molar-refractivity contribution in [2.45, 2.75) is 0 Å². The molecule has 30 heavy (non-hydrogen) atoms. The Morgan fingerprint density at radius 3 is 2.43 bits per heavy atom. The molecule has 0 radical (unpaired) electrons. The molecule has 0 N–H and O–H groups in total. The van der Waals surface area contributed by atoms with E-state index in [1.54, 1.807) is 29.2 Å². The van der Waals surface area contributed by atoms with Crippen LogP contribution < -0.4 is 5.69 Å². The van der Waals surface area contributed by atoms with Crippen molar-refractivity contribution in [3.63, 3.8) is 0 Å². The van der Waals surface area contributed by atoms with Gasteiger partial charge in [-0.15, -0.1) is 4.68 Å². The second kappa shape index (κ2) is 8.94. The fourth-order valence-electron chi connectivity index (χ4n) is 3.47. The zero-order valence-corrected chi connectivity index (χ0v) is 17.1. The normalized spacial score (nSPS) is 17.9. The predicted octanol–water partition coefficient (Wildman–Crippen LogP) is -0.473. The monoisotopic (exact) mass is 435 g/mol. The van der Waals surface area contributed by atoms with Crippen molar-refractivity contribution in [1.82, 2.24) is 34.5 Å². The lowest BCUT2D eigenvalue weighted by Gasteiger charge is -2.35. The van der Waals surface area contributed by atoms with Crippen LogP contribution in [0.3, 0.4) is 0 Å². The van der Waals surface area contributed by atoms with Crippen LogP contribution in [0.1, 0.15) is 0 Å². The molecule has 2 aliphatic rings.